The molecule has 0 aliphatic carbocycles. The van der Waals surface area contributed by atoms with Crippen LogP contribution in [0, 0.1) is 0 Å². The van der Waals surface area contributed by atoms with Crippen LogP contribution in [0.5, 0.6) is 0 Å². The maximum absolute atomic E-state index is 13.1. The highest BCUT2D eigenvalue weighted by atomic mass is 16.2. The van der Waals surface area contributed by atoms with Crippen molar-refractivity contribution in [3.8, 4) is 0 Å². The molecule has 1 aliphatic heterocycles. The zero-order chi connectivity index (χ0) is 18.5. The predicted octanol–water partition coefficient (Wildman–Crippen LogP) is 2.40. The van der Waals surface area contributed by atoms with Crippen LogP contribution in [0.2, 0.25) is 0 Å². The van der Waals surface area contributed by atoms with Crippen molar-refractivity contribution in [3.05, 3.63) is 70.8 Å². The fraction of sp³-hybridized carbons (Fsp3) is 0.333. The molecular formula is C21H25N3O2. The summed E-state index contributed by atoms with van der Waals surface area (Å²) >= 11 is 0. The number of rotatable bonds is 4. The number of nitrogens with zero attached hydrogens (tertiary/aromatic N) is 1. The van der Waals surface area contributed by atoms with Crippen molar-refractivity contribution in [2.24, 2.45) is 0 Å². The van der Waals surface area contributed by atoms with Crippen LogP contribution >= 0.6 is 0 Å². The molecule has 2 aromatic carbocycles. The summed E-state index contributed by atoms with van der Waals surface area (Å²) in [5, 5.41) is 5.98. The second-order valence-electron chi connectivity index (χ2n) is 6.47. The van der Waals surface area contributed by atoms with Crippen LogP contribution in [0.15, 0.2) is 48.5 Å². The van der Waals surface area contributed by atoms with Gasteiger partial charge in [-0.1, -0.05) is 37.3 Å². The van der Waals surface area contributed by atoms with E-state index >= 15 is 0 Å². The minimum atomic E-state index is -0.188. The third-order valence-electron chi connectivity index (χ3n) is 4.88. The lowest BCUT2D eigenvalue weighted by Gasteiger charge is -2.36. The first-order chi connectivity index (χ1) is 12.6. The summed E-state index contributed by atoms with van der Waals surface area (Å²) in [7, 11) is 1.59. The lowest BCUT2D eigenvalue weighted by atomic mass is 9.99. The van der Waals surface area contributed by atoms with Crippen molar-refractivity contribution < 1.29 is 9.59 Å². The van der Waals surface area contributed by atoms with Gasteiger partial charge >= 0.3 is 0 Å². The molecule has 0 bridgehead atoms. The van der Waals surface area contributed by atoms with E-state index in [1.165, 1.54) is 5.56 Å². The summed E-state index contributed by atoms with van der Waals surface area (Å²) in [6, 6.07) is 15.4. The normalized spacial score (nSPS) is 17.0. The lowest BCUT2D eigenvalue weighted by molar-refractivity contribution is 0.0634. The molecule has 1 saturated heterocycles. The maximum atomic E-state index is 13.1. The maximum Gasteiger partial charge on any atom is 0.254 e. The molecular weight excluding hydrogens is 326 g/mol. The molecule has 0 saturated carbocycles. The van der Waals surface area contributed by atoms with Crippen LogP contribution < -0.4 is 10.6 Å². The zero-order valence-corrected chi connectivity index (χ0v) is 15.3. The minimum absolute atomic E-state index is 0.00851. The average molecular weight is 351 g/mol. The van der Waals surface area contributed by atoms with Crippen LogP contribution in [-0.4, -0.2) is 43.4 Å². The Labute approximate surface area is 154 Å². The van der Waals surface area contributed by atoms with E-state index in [4.69, 9.17) is 0 Å². The van der Waals surface area contributed by atoms with Gasteiger partial charge in [0.25, 0.3) is 11.8 Å². The van der Waals surface area contributed by atoms with Crippen molar-refractivity contribution in [2.45, 2.75) is 19.4 Å². The Hall–Kier alpha value is -2.66. The predicted molar refractivity (Wildman–Crippen MR) is 102 cm³/mol. The number of hydrogen-bond acceptors (Lipinski definition) is 3. The number of nitrogens with one attached hydrogen (secondary N) is 2. The van der Waals surface area contributed by atoms with E-state index in [1.54, 1.807) is 31.3 Å². The Balaban J connectivity index is 1.87. The third-order valence-corrected chi connectivity index (χ3v) is 4.88. The van der Waals surface area contributed by atoms with E-state index < -0.39 is 0 Å². The van der Waals surface area contributed by atoms with Crippen LogP contribution in [0.1, 0.15) is 44.8 Å². The van der Waals surface area contributed by atoms with Gasteiger partial charge in [0.1, 0.15) is 0 Å². The average Bonchev–Trinajstić information content (AvgIpc) is 2.72. The van der Waals surface area contributed by atoms with Crippen molar-refractivity contribution in [1.82, 2.24) is 15.5 Å². The van der Waals surface area contributed by atoms with Crippen LogP contribution in [0.4, 0.5) is 0 Å². The van der Waals surface area contributed by atoms with Gasteiger partial charge < -0.3 is 15.5 Å². The van der Waals surface area contributed by atoms with E-state index in [-0.39, 0.29) is 17.9 Å². The molecule has 1 atom stereocenters. The molecule has 2 N–H and O–H groups in total. The Bertz CT molecular complexity index is 786. The molecule has 1 aliphatic rings. The number of carbonyl (C=O) groups excluding carboxylic acids is 2. The minimum Gasteiger partial charge on any atom is -0.355 e. The van der Waals surface area contributed by atoms with Gasteiger partial charge in [-0.3, -0.25) is 9.59 Å². The Morgan fingerprint density at radius 3 is 2.58 bits per heavy atom. The molecule has 26 heavy (non-hydrogen) atoms. The molecule has 5 nitrogen and oxygen atoms in total. The molecule has 5 heteroatoms. The van der Waals surface area contributed by atoms with Crippen molar-refractivity contribution in [3.63, 3.8) is 0 Å². The van der Waals surface area contributed by atoms with Gasteiger partial charge in [-0.25, -0.2) is 0 Å². The monoisotopic (exact) mass is 351 g/mol. The number of piperazine rings is 1. The van der Waals surface area contributed by atoms with Gasteiger partial charge in [-0.2, -0.15) is 0 Å². The number of amides is 2. The van der Waals surface area contributed by atoms with Gasteiger partial charge in [0, 0.05) is 37.8 Å². The van der Waals surface area contributed by atoms with E-state index in [0.717, 1.165) is 25.1 Å². The summed E-state index contributed by atoms with van der Waals surface area (Å²) in [6.45, 7) is 4.27. The third kappa shape index (κ3) is 3.78. The molecule has 2 aromatic rings. The Morgan fingerprint density at radius 1 is 1.15 bits per heavy atom. The van der Waals surface area contributed by atoms with Gasteiger partial charge in [0.2, 0.25) is 0 Å². The van der Waals surface area contributed by atoms with E-state index in [2.05, 4.69) is 41.8 Å². The van der Waals surface area contributed by atoms with Crippen LogP contribution in [0.25, 0.3) is 0 Å². The highest BCUT2D eigenvalue weighted by Gasteiger charge is 2.28. The molecule has 0 radical (unpaired) electrons. The summed E-state index contributed by atoms with van der Waals surface area (Å²) in [4.78, 5) is 26.9. The van der Waals surface area contributed by atoms with Crippen LogP contribution in [0.3, 0.4) is 0 Å². The van der Waals surface area contributed by atoms with Crippen LogP contribution in [-0.2, 0) is 6.42 Å². The molecule has 1 heterocycles. The van der Waals surface area contributed by atoms with Crippen molar-refractivity contribution >= 4 is 11.8 Å². The molecule has 0 aromatic heterocycles. The first-order valence-corrected chi connectivity index (χ1v) is 9.06. The van der Waals surface area contributed by atoms with Gasteiger partial charge in [-0.15, -0.1) is 0 Å². The zero-order valence-electron chi connectivity index (χ0n) is 15.3. The topological polar surface area (TPSA) is 61.4 Å². The summed E-state index contributed by atoms with van der Waals surface area (Å²) in [5.74, 6) is -0.228. The van der Waals surface area contributed by atoms with E-state index in [0.29, 0.717) is 17.7 Å². The highest BCUT2D eigenvalue weighted by Crippen LogP contribution is 2.25. The van der Waals surface area contributed by atoms with Crippen molar-refractivity contribution in [2.75, 3.05) is 26.7 Å². The quantitative estimate of drug-likeness (QED) is 0.889. The standard InChI is InChI=1S/C21H25N3O2/c1-3-15-7-9-16(10-8-15)19-14-23-11-12-24(19)21(26)18-6-4-5-17(13-18)20(25)22-2/h4-10,13,19,23H,3,11-12,14H2,1-2H3,(H,22,25). The molecule has 136 valence electrons. The summed E-state index contributed by atoms with van der Waals surface area (Å²) < 4.78 is 0. The number of benzene rings is 2. The smallest absolute Gasteiger partial charge is 0.254 e. The van der Waals surface area contributed by atoms with Gasteiger partial charge in [0.15, 0.2) is 0 Å². The first-order valence-electron chi connectivity index (χ1n) is 9.06. The molecule has 3 rings (SSSR count). The molecule has 1 fully saturated rings. The Morgan fingerprint density at radius 2 is 1.88 bits per heavy atom. The highest BCUT2D eigenvalue weighted by molar-refractivity contribution is 5.99. The molecule has 1 unspecified atom stereocenters. The van der Waals surface area contributed by atoms with E-state index in [9.17, 15) is 9.59 Å². The van der Waals surface area contributed by atoms with Gasteiger partial charge in [-0.05, 0) is 35.7 Å². The second-order valence-corrected chi connectivity index (χ2v) is 6.47. The summed E-state index contributed by atoms with van der Waals surface area (Å²) in [6.07, 6.45) is 0.998. The number of carbonyl (C=O) groups is 2. The second kappa shape index (κ2) is 8.15. The molecule has 2 amide bonds. The van der Waals surface area contributed by atoms with E-state index in [1.807, 2.05) is 4.90 Å². The summed E-state index contributed by atoms with van der Waals surface area (Å²) in [5.41, 5.74) is 3.46. The number of aryl methyl sites for hydroxylation is 1. The largest absolute Gasteiger partial charge is 0.355 e. The lowest BCUT2D eigenvalue weighted by Crippen LogP contribution is -2.48. The fourth-order valence-electron chi connectivity index (χ4n) is 3.32. The molecule has 0 spiro atoms. The fourth-order valence-corrected chi connectivity index (χ4v) is 3.32. The van der Waals surface area contributed by atoms with Gasteiger partial charge in [0.05, 0.1) is 6.04 Å². The van der Waals surface area contributed by atoms with Crippen molar-refractivity contribution in [1.29, 1.82) is 0 Å². The first kappa shape index (κ1) is 18.1. The number of hydrogen-bond donors (Lipinski definition) is 2. The SMILES string of the molecule is CCc1ccc(C2CNCCN2C(=O)c2cccc(C(=O)NC)c2)cc1. The Kier molecular flexibility index (Phi) is 5.68.